The lowest BCUT2D eigenvalue weighted by molar-refractivity contribution is -0.145. The van der Waals surface area contributed by atoms with E-state index in [0.29, 0.717) is 6.61 Å². The highest BCUT2D eigenvalue weighted by Gasteiger charge is 2.44. The summed E-state index contributed by atoms with van der Waals surface area (Å²) < 4.78 is 10.5. The number of aliphatic hydroxyl groups excluding tert-OH is 1. The lowest BCUT2D eigenvalue weighted by Gasteiger charge is -2.24. The van der Waals surface area contributed by atoms with Crippen molar-refractivity contribution in [2.24, 2.45) is 5.92 Å². The first-order valence-electron chi connectivity index (χ1n) is 4.74. The minimum atomic E-state index is -0.120. The fourth-order valence-corrected chi connectivity index (χ4v) is 2.11. The summed E-state index contributed by atoms with van der Waals surface area (Å²) in [5.74, 6) is -0.198. The summed E-state index contributed by atoms with van der Waals surface area (Å²) >= 11 is 0. The number of ether oxygens (including phenoxy) is 2. The number of esters is 1. The number of carbonyl (C=O) groups excluding carboxylic acids is 1. The molecule has 0 amide bonds. The standard InChI is InChI=1S/C9H14O4/c10-3-4-12-8-2-1-6-5-7(8)9(11)13-6/h6-8,10H,1-5H2/t6-,7?,8?/m0/s1. The quantitative estimate of drug-likeness (QED) is 0.635. The Bertz CT molecular complexity index is 204. The topological polar surface area (TPSA) is 55.8 Å². The molecule has 0 spiro atoms. The lowest BCUT2D eigenvalue weighted by atomic mass is 9.87. The van der Waals surface area contributed by atoms with Gasteiger partial charge in [0.1, 0.15) is 6.10 Å². The van der Waals surface area contributed by atoms with Crippen molar-refractivity contribution in [1.82, 2.24) is 0 Å². The van der Waals surface area contributed by atoms with Gasteiger partial charge in [-0.2, -0.15) is 0 Å². The van der Waals surface area contributed by atoms with Gasteiger partial charge in [-0.3, -0.25) is 4.79 Å². The Kier molecular flexibility index (Phi) is 2.51. The van der Waals surface area contributed by atoms with Gasteiger partial charge in [-0.15, -0.1) is 0 Å². The number of fused-ring (bicyclic) bond motifs is 2. The predicted octanol–water partition coefficient (Wildman–Crippen LogP) is 0.0894. The van der Waals surface area contributed by atoms with Crippen molar-refractivity contribution in [1.29, 1.82) is 0 Å². The Balaban J connectivity index is 1.93. The molecule has 2 rings (SSSR count). The van der Waals surface area contributed by atoms with Crippen molar-refractivity contribution < 1.29 is 19.4 Å². The van der Waals surface area contributed by atoms with Crippen LogP contribution in [0, 0.1) is 5.92 Å². The SMILES string of the molecule is O=C1O[C@H]2CCC(OCCO)C1C2. The summed E-state index contributed by atoms with van der Waals surface area (Å²) in [6, 6.07) is 0. The monoisotopic (exact) mass is 186 g/mol. The van der Waals surface area contributed by atoms with Crippen LogP contribution in [0.1, 0.15) is 19.3 Å². The van der Waals surface area contributed by atoms with Crippen LogP contribution in [0.4, 0.5) is 0 Å². The summed E-state index contributed by atoms with van der Waals surface area (Å²) in [7, 11) is 0. The Hall–Kier alpha value is -0.610. The molecule has 4 heteroatoms. The number of hydrogen-bond donors (Lipinski definition) is 1. The molecule has 4 nitrogen and oxygen atoms in total. The molecule has 13 heavy (non-hydrogen) atoms. The van der Waals surface area contributed by atoms with E-state index in [0.717, 1.165) is 19.3 Å². The van der Waals surface area contributed by atoms with Crippen molar-refractivity contribution in [2.45, 2.75) is 31.5 Å². The Morgan fingerprint density at radius 1 is 1.54 bits per heavy atom. The first kappa shape index (κ1) is 8.97. The smallest absolute Gasteiger partial charge is 0.311 e. The second-order valence-corrected chi connectivity index (χ2v) is 3.61. The predicted molar refractivity (Wildman–Crippen MR) is 44.0 cm³/mol. The van der Waals surface area contributed by atoms with Crippen LogP contribution in [0.15, 0.2) is 0 Å². The highest BCUT2D eigenvalue weighted by molar-refractivity contribution is 5.75. The minimum absolute atomic E-state index is 0.0156. The fraction of sp³-hybridized carbons (Fsp3) is 0.889. The Morgan fingerprint density at radius 3 is 3.15 bits per heavy atom. The molecule has 0 aromatic rings. The molecule has 1 aliphatic heterocycles. The van der Waals surface area contributed by atoms with E-state index in [2.05, 4.69) is 0 Å². The molecular weight excluding hydrogens is 172 g/mol. The minimum Gasteiger partial charge on any atom is -0.462 e. The zero-order chi connectivity index (χ0) is 9.26. The van der Waals surface area contributed by atoms with Crippen molar-refractivity contribution in [2.75, 3.05) is 13.2 Å². The van der Waals surface area contributed by atoms with Crippen LogP contribution >= 0.6 is 0 Å². The van der Waals surface area contributed by atoms with Gasteiger partial charge in [0, 0.05) is 6.42 Å². The zero-order valence-corrected chi connectivity index (χ0v) is 7.44. The van der Waals surface area contributed by atoms with E-state index in [-0.39, 0.29) is 30.7 Å². The summed E-state index contributed by atoms with van der Waals surface area (Å²) in [6.07, 6.45) is 2.68. The summed E-state index contributed by atoms with van der Waals surface area (Å²) in [6.45, 7) is 0.334. The van der Waals surface area contributed by atoms with Gasteiger partial charge in [0.2, 0.25) is 0 Å². The van der Waals surface area contributed by atoms with Gasteiger partial charge in [-0.1, -0.05) is 0 Å². The average molecular weight is 186 g/mol. The summed E-state index contributed by atoms with van der Waals surface area (Å²) in [5, 5.41) is 8.59. The van der Waals surface area contributed by atoms with Crippen LogP contribution in [-0.4, -0.2) is 36.5 Å². The van der Waals surface area contributed by atoms with E-state index in [1.54, 1.807) is 0 Å². The van der Waals surface area contributed by atoms with Crippen LogP contribution < -0.4 is 0 Å². The molecule has 0 aromatic carbocycles. The third-order valence-corrected chi connectivity index (χ3v) is 2.75. The molecular formula is C9H14O4. The van der Waals surface area contributed by atoms with Gasteiger partial charge in [0.25, 0.3) is 0 Å². The van der Waals surface area contributed by atoms with Gasteiger partial charge in [0.05, 0.1) is 25.2 Å². The van der Waals surface area contributed by atoms with Gasteiger partial charge in [-0.25, -0.2) is 0 Å². The third-order valence-electron chi connectivity index (χ3n) is 2.75. The average Bonchev–Trinajstić information content (AvgIpc) is 2.43. The van der Waals surface area contributed by atoms with Crippen molar-refractivity contribution >= 4 is 5.97 Å². The molecule has 1 heterocycles. The van der Waals surface area contributed by atoms with E-state index in [1.807, 2.05) is 0 Å². The molecule has 0 radical (unpaired) electrons. The largest absolute Gasteiger partial charge is 0.462 e. The van der Waals surface area contributed by atoms with Crippen LogP contribution in [0.5, 0.6) is 0 Å². The molecule has 1 saturated carbocycles. The molecule has 1 saturated heterocycles. The summed E-state index contributed by atoms with van der Waals surface area (Å²) in [5.41, 5.74) is 0. The number of hydrogen-bond acceptors (Lipinski definition) is 4. The second kappa shape index (κ2) is 3.64. The normalized spacial score (nSPS) is 37.6. The van der Waals surface area contributed by atoms with Gasteiger partial charge < -0.3 is 14.6 Å². The number of rotatable bonds is 3. The Morgan fingerprint density at radius 2 is 2.38 bits per heavy atom. The summed E-state index contributed by atoms with van der Waals surface area (Å²) in [4.78, 5) is 11.3. The third kappa shape index (κ3) is 1.69. The van der Waals surface area contributed by atoms with Crippen LogP contribution in [-0.2, 0) is 14.3 Å². The van der Waals surface area contributed by atoms with E-state index in [9.17, 15) is 4.79 Å². The van der Waals surface area contributed by atoms with Crippen molar-refractivity contribution in [3.63, 3.8) is 0 Å². The molecule has 2 aliphatic rings. The highest BCUT2D eigenvalue weighted by atomic mass is 16.6. The van der Waals surface area contributed by atoms with Crippen LogP contribution in [0.2, 0.25) is 0 Å². The number of carbonyl (C=O) groups is 1. The molecule has 74 valence electrons. The maximum atomic E-state index is 11.3. The van der Waals surface area contributed by atoms with Crippen LogP contribution in [0.3, 0.4) is 0 Å². The van der Waals surface area contributed by atoms with Gasteiger partial charge in [0.15, 0.2) is 0 Å². The Labute approximate surface area is 76.8 Å². The maximum Gasteiger partial charge on any atom is 0.311 e. The fourth-order valence-electron chi connectivity index (χ4n) is 2.11. The van der Waals surface area contributed by atoms with Gasteiger partial charge >= 0.3 is 5.97 Å². The molecule has 3 atom stereocenters. The van der Waals surface area contributed by atoms with Crippen molar-refractivity contribution in [3.8, 4) is 0 Å². The van der Waals surface area contributed by atoms with Crippen molar-refractivity contribution in [3.05, 3.63) is 0 Å². The molecule has 2 fully saturated rings. The van der Waals surface area contributed by atoms with E-state index in [4.69, 9.17) is 14.6 Å². The maximum absolute atomic E-state index is 11.3. The van der Waals surface area contributed by atoms with E-state index in [1.165, 1.54) is 0 Å². The lowest BCUT2D eigenvalue weighted by Crippen LogP contribution is -2.31. The molecule has 2 unspecified atom stereocenters. The highest BCUT2D eigenvalue weighted by Crippen LogP contribution is 2.35. The number of aliphatic hydroxyl groups is 1. The molecule has 1 N–H and O–H groups in total. The van der Waals surface area contributed by atoms with Crippen LogP contribution in [0.25, 0.3) is 0 Å². The molecule has 2 bridgehead atoms. The second-order valence-electron chi connectivity index (χ2n) is 3.61. The van der Waals surface area contributed by atoms with Gasteiger partial charge in [-0.05, 0) is 12.8 Å². The zero-order valence-electron chi connectivity index (χ0n) is 7.44. The van der Waals surface area contributed by atoms with E-state index < -0.39 is 0 Å². The molecule has 0 aromatic heterocycles. The first-order valence-corrected chi connectivity index (χ1v) is 4.74. The molecule has 1 aliphatic carbocycles. The van der Waals surface area contributed by atoms with E-state index >= 15 is 0 Å². The first-order chi connectivity index (χ1) is 6.31.